The van der Waals surface area contributed by atoms with Crippen molar-refractivity contribution >= 4 is 5.69 Å². The Morgan fingerprint density at radius 2 is 2.31 bits per heavy atom. The fourth-order valence-electron chi connectivity index (χ4n) is 1.10. The number of aromatic hydroxyl groups is 1. The third-order valence-corrected chi connectivity index (χ3v) is 1.76. The second-order valence-electron chi connectivity index (χ2n) is 2.83. The molecule has 0 aromatic heterocycles. The lowest BCUT2D eigenvalue weighted by Gasteiger charge is -2.07. The van der Waals surface area contributed by atoms with E-state index in [0.29, 0.717) is 13.0 Å². The maximum Gasteiger partial charge on any atom is 0.115 e. The van der Waals surface area contributed by atoms with Crippen molar-refractivity contribution in [2.45, 2.75) is 13.3 Å². The highest BCUT2D eigenvalue weighted by atomic mass is 16.3. The largest absolute Gasteiger partial charge is 0.508 e. The molecule has 13 heavy (non-hydrogen) atoms. The Kier molecular flexibility index (Phi) is 3.15. The second kappa shape index (κ2) is 4.36. The summed E-state index contributed by atoms with van der Waals surface area (Å²) in [5, 5.41) is 20.6. The highest BCUT2D eigenvalue weighted by Crippen LogP contribution is 2.19. The van der Waals surface area contributed by atoms with Gasteiger partial charge in [0.05, 0.1) is 12.5 Å². The number of aryl methyl sites for hydroxylation is 1. The molecule has 0 saturated heterocycles. The van der Waals surface area contributed by atoms with Crippen molar-refractivity contribution in [1.82, 2.24) is 0 Å². The van der Waals surface area contributed by atoms with Crippen LogP contribution in [0.25, 0.3) is 0 Å². The van der Waals surface area contributed by atoms with E-state index < -0.39 is 0 Å². The zero-order valence-corrected chi connectivity index (χ0v) is 7.54. The molecule has 0 fully saturated rings. The molecule has 0 heterocycles. The summed E-state index contributed by atoms with van der Waals surface area (Å²) in [5.41, 5.74) is 1.95. The molecule has 0 atom stereocenters. The van der Waals surface area contributed by atoms with Crippen LogP contribution in [0.5, 0.6) is 5.75 Å². The summed E-state index contributed by atoms with van der Waals surface area (Å²) >= 11 is 0. The predicted octanol–water partition coefficient (Wildman–Crippen LogP) is 2.03. The smallest absolute Gasteiger partial charge is 0.115 e. The van der Waals surface area contributed by atoms with E-state index in [1.807, 2.05) is 13.0 Å². The Morgan fingerprint density at radius 3 is 2.92 bits per heavy atom. The molecule has 0 radical (unpaired) electrons. The van der Waals surface area contributed by atoms with Crippen LogP contribution in [0.2, 0.25) is 0 Å². The van der Waals surface area contributed by atoms with Gasteiger partial charge in [-0.1, -0.05) is 0 Å². The third-order valence-electron chi connectivity index (χ3n) is 1.76. The number of anilines is 1. The maximum absolute atomic E-state index is 9.13. The van der Waals surface area contributed by atoms with E-state index in [9.17, 15) is 0 Å². The van der Waals surface area contributed by atoms with Crippen molar-refractivity contribution in [1.29, 1.82) is 5.26 Å². The Balaban J connectivity index is 2.62. The van der Waals surface area contributed by atoms with Gasteiger partial charge in [0.2, 0.25) is 0 Å². The van der Waals surface area contributed by atoms with E-state index >= 15 is 0 Å². The molecule has 0 aliphatic rings. The lowest BCUT2D eigenvalue weighted by Crippen LogP contribution is -2.01. The van der Waals surface area contributed by atoms with Crippen LogP contribution >= 0.6 is 0 Å². The van der Waals surface area contributed by atoms with Gasteiger partial charge in [0.1, 0.15) is 5.75 Å². The molecule has 3 heteroatoms. The molecule has 0 amide bonds. The van der Waals surface area contributed by atoms with Crippen LogP contribution in [-0.4, -0.2) is 11.7 Å². The van der Waals surface area contributed by atoms with Crippen molar-refractivity contribution in [3.05, 3.63) is 23.8 Å². The normalized spacial score (nSPS) is 9.23. The molecular formula is C10H12N2O. The van der Waals surface area contributed by atoms with Crippen LogP contribution in [0.15, 0.2) is 18.2 Å². The van der Waals surface area contributed by atoms with Gasteiger partial charge in [-0.15, -0.1) is 0 Å². The molecule has 0 bridgehead atoms. The van der Waals surface area contributed by atoms with Crippen molar-refractivity contribution < 1.29 is 5.11 Å². The number of hydrogen-bond donors (Lipinski definition) is 2. The van der Waals surface area contributed by atoms with Crippen molar-refractivity contribution in [3.63, 3.8) is 0 Å². The van der Waals surface area contributed by atoms with Crippen LogP contribution in [0.3, 0.4) is 0 Å². The lowest BCUT2D eigenvalue weighted by molar-refractivity contribution is 0.475. The van der Waals surface area contributed by atoms with E-state index in [4.69, 9.17) is 10.4 Å². The van der Waals surface area contributed by atoms with E-state index in [1.165, 1.54) is 0 Å². The van der Waals surface area contributed by atoms with Crippen LogP contribution in [0.1, 0.15) is 12.0 Å². The fourth-order valence-corrected chi connectivity index (χ4v) is 1.10. The molecule has 1 rings (SSSR count). The lowest BCUT2D eigenvalue weighted by atomic mass is 10.2. The van der Waals surface area contributed by atoms with Crippen LogP contribution in [-0.2, 0) is 0 Å². The molecule has 1 aromatic carbocycles. The van der Waals surface area contributed by atoms with E-state index in [-0.39, 0.29) is 5.75 Å². The van der Waals surface area contributed by atoms with E-state index in [0.717, 1.165) is 11.3 Å². The van der Waals surface area contributed by atoms with Gasteiger partial charge in [0, 0.05) is 12.2 Å². The highest BCUT2D eigenvalue weighted by molar-refractivity contribution is 5.53. The number of benzene rings is 1. The summed E-state index contributed by atoms with van der Waals surface area (Å²) in [4.78, 5) is 0. The van der Waals surface area contributed by atoms with Gasteiger partial charge in [-0.05, 0) is 30.7 Å². The van der Waals surface area contributed by atoms with Crippen LogP contribution in [0, 0.1) is 18.3 Å². The Labute approximate surface area is 77.6 Å². The molecule has 0 spiro atoms. The zero-order valence-electron chi connectivity index (χ0n) is 7.54. The van der Waals surface area contributed by atoms with Crippen molar-refractivity contribution in [2.75, 3.05) is 11.9 Å². The molecule has 1 aromatic rings. The first kappa shape index (κ1) is 9.40. The zero-order chi connectivity index (χ0) is 9.68. The highest BCUT2D eigenvalue weighted by Gasteiger charge is 1.97. The number of hydrogen-bond acceptors (Lipinski definition) is 3. The van der Waals surface area contributed by atoms with Gasteiger partial charge >= 0.3 is 0 Å². The quantitative estimate of drug-likeness (QED) is 0.547. The van der Waals surface area contributed by atoms with Crippen LogP contribution in [0.4, 0.5) is 5.69 Å². The first-order chi connectivity index (χ1) is 6.24. The van der Waals surface area contributed by atoms with Gasteiger partial charge in [-0.25, -0.2) is 0 Å². The summed E-state index contributed by atoms with van der Waals surface area (Å²) < 4.78 is 0. The van der Waals surface area contributed by atoms with E-state index in [1.54, 1.807) is 12.1 Å². The summed E-state index contributed by atoms with van der Waals surface area (Å²) in [6, 6.07) is 7.18. The predicted molar refractivity (Wildman–Crippen MR) is 51.6 cm³/mol. The average Bonchev–Trinajstić information content (AvgIpc) is 2.09. The third kappa shape index (κ3) is 2.68. The molecule has 2 N–H and O–H groups in total. The van der Waals surface area contributed by atoms with Gasteiger partial charge in [-0.3, -0.25) is 0 Å². The van der Waals surface area contributed by atoms with E-state index in [2.05, 4.69) is 11.4 Å². The van der Waals surface area contributed by atoms with Gasteiger partial charge in [0.15, 0.2) is 0 Å². The minimum atomic E-state index is 0.267. The number of nitriles is 1. The molecule has 0 aliphatic heterocycles. The number of phenols is 1. The van der Waals surface area contributed by atoms with Crippen molar-refractivity contribution in [3.8, 4) is 11.8 Å². The van der Waals surface area contributed by atoms with Crippen molar-refractivity contribution in [2.24, 2.45) is 0 Å². The summed E-state index contributed by atoms with van der Waals surface area (Å²) in [6.07, 6.45) is 0.486. The Hall–Kier alpha value is -1.69. The molecule has 0 unspecified atom stereocenters. The maximum atomic E-state index is 9.13. The monoisotopic (exact) mass is 176 g/mol. The molecule has 0 saturated carbocycles. The minimum Gasteiger partial charge on any atom is -0.508 e. The Morgan fingerprint density at radius 1 is 1.54 bits per heavy atom. The fraction of sp³-hybridized carbons (Fsp3) is 0.300. The summed E-state index contributed by atoms with van der Waals surface area (Å²) in [6.45, 7) is 2.55. The molecular weight excluding hydrogens is 164 g/mol. The van der Waals surface area contributed by atoms with Gasteiger partial charge in [-0.2, -0.15) is 5.26 Å². The first-order valence-corrected chi connectivity index (χ1v) is 4.14. The van der Waals surface area contributed by atoms with Gasteiger partial charge in [0.25, 0.3) is 0 Å². The van der Waals surface area contributed by atoms with Gasteiger partial charge < -0.3 is 10.4 Å². The molecule has 68 valence electrons. The second-order valence-corrected chi connectivity index (χ2v) is 2.83. The number of nitrogens with one attached hydrogen (secondary N) is 1. The minimum absolute atomic E-state index is 0.267. The molecule has 3 nitrogen and oxygen atoms in total. The Bertz CT molecular complexity index is 328. The number of phenolic OH excluding ortho intramolecular Hbond substituents is 1. The average molecular weight is 176 g/mol. The first-order valence-electron chi connectivity index (χ1n) is 4.14. The summed E-state index contributed by atoms with van der Waals surface area (Å²) in [5.74, 6) is 0.267. The van der Waals surface area contributed by atoms with Crippen LogP contribution < -0.4 is 5.32 Å². The summed E-state index contributed by atoms with van der Waals surface area (Å²) in [7, 11) is 0. The standard InChI is InChI=1S/C10H12N2O/c1-8-7-9(13)3-4-10(8)12-6-2-5-11/h3-4,7,12-13H,2,6H2,1H3. The topological polar surface area (TPSA) is 56.0 Å². The molecule has 0 aliphatic carbocycles. The SMILES string of the molecule is Cc1cc(O)ccc1NCCC#N. The number of rotatable bonds is 3. The number of nitrogens with zero attached hydrogens (tertiary/aromatic N) is 1.